The zero-order valence-electron chi connectivity index (χ0n) is 16.0. The number of carbonyl (C=O) groups excluding carboxylic acids is 1. The molecule has 25 heavy (non-hydrogen) atoms. The van der Waals surface area contributed by atoms with Gasteiger partial charge in [0.2, 0.25) is 0 Å². The second-order valence-electron chi connectivity index (χ2n) is 8.57. The average Bonchev–Trinajstić information content (AvgIpc) is 2.64. The van der Waals surface area contributed by atoms with Crippen molar-refractivity contribution in [3.63, 3.8) is 0 Å². The molecule has 144 valence electrons. The Hall–Kier alpha value is -0.910. The van der Waals surface area contributed by atoms with Crippen LogP contribution in [0.4, 0.5) is 0 Å². The van der Waals surface area contributed by atoms with Crippen molar-refractivity contribution in [2.24, 2.45) is 11.8 Å². The monoisotopic (exact) mass is 354 g/mol. The van der Waals surface area contributed by atoms with Crippen LogP contribution in [0.3, 0.4) is 0 Å². The van der Waals surface area contributed by atoms with Gasteiger partial charge in [0.15, 0.2) is 0 Å². The van der Waals surface area contributed by atoms with Crippen LogP contribution in [0.15, 0.2) is 11.6 Å². The maximum Gasteiger partial charge on any atom is 0.309 e. The first-order valence-electron chi connectivity index (χ1n) is 9.52. The number of carbonyl (C=O) groups is 1. The standard InChI is InChI=1S/C20H34O5/c1-13-6-5-10-19(3,24)17(22)12-15-9-11-20(4,16(21)8-7-13)25-18(23)14(15)2/h6,14-17,21-22,24H,5,7-12H2,1-4H3/b13-6-/t14-,15+,16+,17+,19-,20-/m0/s1. The highest BCUT2D eigenvalue weighted by Gasteiger charge is 2.44. The molecule has 0 aromatic rings. The summed E-state index contributed by atoms with van der Waals surface area (Å²) in [5.74, 6) is -0.745. The lowest BCUT2D eigenvalue weighted by Crippen LogP contribution is -2.43. The van der Waals surface area contributed by atoms with E-state index in [4.69, 9.17) is 4.74 Å². The van der Waals surface area contributed by atoms with E-state index in [9.17, 15) is 20.1 Å². The molecular formula is C20H34O5. The van der Waals surface area contributed by atoms with Gasteiger partial charge in [-0.05, 0) is 71.6 Å². The Bertz CT molecular complexity index is 512. The van der Waals surface area contributed by atoms with E-state index >= 15 is 0 Å². The number of hydrogen-bond donors (Lipinski definition) is 3. The largest absolute Gasteiger partial charge is 0.456 e. The predicted octanol–water partition coefficient (Wildman–Crippen LogP) is 2.72. The zero-order valence-corrected chi connectivity index (χ0v) is 16.0. The van der Waals surface area contributed by atoms with E-state index in [1.165, 1.54) is 0 Å². The summed E-state index contributed by atoms with van der Waals surface area (Å²) >= 11 is 0. The summed E-state index contributed by atoms with van der Waals surface area (Å²) in [5, 5.41) is 31.9. The highest BCUT2D eigenvalue weighted by Crippen LogP contribution is 2.38. The lowest BCUT2D eigenvalue weighted by molar-refractivity contribution is -0.174. The van der Waals surface area contributed by atoms with Gasteiger partial charge in [-0.2, -0.15) is 0 Å². The second-order valence-corrected chi connectivity index (χ2v) is 8.57. The van der Waals surface area contributed by atoms with Crippen molar-refractivity contribution >= 4 is 5.97 Å². The first kappa shape index (κ1) is 20.4. The van der Waals surface area contributed by atoms with Crippen LogP contribution in [-0.4, -0.2) is 44.7 Å². The molecule has 1 aliphatic heterocycles. The van der Waals surface area contributed by atoms with Gasteiger partial charge in [-0.1, -0.05) is 18.6 Å². The predicted molar refractivity (Wildman–Crippen MR) is 95.9 cm³/mol. The Morgan fingerprint density at radius 3 is 2.52 bits per heavy atom. The number of hydrogen-bond acceptors (Lipinski definition) is 5. The van der Waals surface area contributed by atoms with Gasteiger partial charge in [0, 0.05) is 0 Å². The lowest BCUT2D eigenvalue weighted by atomic mass is 9.78. The number of rotatable bonds is 0. The summed E-state index contributed by atoms with van der Waals surface area (Å²) in [6.45, 7) is 7.29. The van der Waals surface area contributed by atoms with Crippen LogP contribution in [0.2, 0.25) is 0 Å². The Balaban J connectivity index is 2.31. The summed E-state index contributed by atoms with van der Waals surface area (Å²) in [4.78, 5) is 12.5. The van der Waals surface area contributed by atoms with E-state index in [1.807, 2.05) is 20.8 Å². The number of ether oxygens (including phenoxy) is 1. The molecule has 0 amide bonds. The van der Waals surface area contributed by atoms with E-state index in [-0.39, 0.29) is 17.8 Å². The van der Waals surface area contributed by atoms with Gasteiger partial charge in [0.05, 0.1) is 23.7 Å². The Morgan fingerprint density at radius 1 is 1.16 bits per heavy atom. The molecule has 2 rings (SSSR count). The second kappa shape index (κ2) is 7.77. The van der Waals surface area contributed by atoms with Crippen molar-refractivity contribution in [2.45, 2.75) is 96.1 Å². The van der Waals surface area contributed by atoms with Crippen LogP contribution >= 0.6 is 0 Å². The number of fused-ring (bicyclic) bond motifs is 3. The van der Waals surface area contributed by atoms with E-state index in [1.54, 1.807) is 6.92 Å². The minimum Gasteiger partial charge on any atom is -0.456 e. The van der Waals surface area contributed by atoms with Gasteiger partial charge in [0.1, 0.15) is 5.60 Å². The van der Waals surface area contributed by atoms with E-state index in [0.717, 1.165) is 12.0 Å². The third-order valence-electron chi connectivity index (χ3n) is 6.33. The molecule has 1 heterocycles. The van der Waals surface area contributed by atoms with Crippen LogP contribution in [0, 0.1) is 11.8 Å². The fourth-order valence-electron chi connectivity index (χ4n) is 3.93. The minimum absolute atomic E-state index is 0.0665. The summed E-state index contributed by atoms with van der Waals surface area (Å²) in [6, 6.07) is 0. The highest BCUT2D eigenvalue weighted by molar-refractivity contribution is 5.73. The number of aliphatic hydroxyl groups is 3. The quantitative estimate of drug-likeness (QED) is 0.460. The van der Waals surface area contributed by atoms with Crippen LogP contribution in [0.25, 0.3) is 0 Å². The molecule has 0 unspecified atom stereocenters. The average molecular weight is 354 g/mol. The van der Waals surface area contributed by atoms with Gasteiger partial charge in [0.25, 0.3) is 0 Å². The molecule has 0 aromatic heterocycles. The molecule has 1 fully saturated rings. The summed E-state index contributed by atoms with van der Waals surface area (Å²) < 4.78 is 5.70. The molecular weight excluding hydrogens is 320 g/mol. The van der Waals surface area contributed by atoms with Crippen LogP contribution in [0.5, 0.6) is 0 Å². The molecule has 0 radical (unpaired) electrons. The van der Waals surface area contributed by atoms with Crippen molar-refractivity contribution in [1.29, 1.82) is 0 Å². The summed E-state index contributed by atoms with van der Waals surface area (Å²) in [7, 11) is 0. The van der Waals surface area contributed by atoms with Gasteiger partial charge >= 0.3 is 5.97 Å². The maximum atomic E-state index is 12.5. The Labute approximate surface area is 151 Å². The molecule has 5 nitrogen and oxygen atoms in total. The van der Waals surface area contributed by atoms with Crippen molar-refractivity contribution in [2.75, 3.05) is 0 Å². The first-order valence-corrected chi connectivity index (χ1v) is 9.52. The van der Waals surface area contributed by atoms with Crippen LogP contribution in [0.1, 0.15) is 72.6 Å². The summed E-state index contributed by atoms with van der Waals surface area (Å²) in [5.41, 5.74) is -0.936. The number of allylic oxidation sites excluding steroid dienone is 2. The molecule has 2 bridgehead atoms. The van der Waals surface area contributed by atoms with E-state index in [0.29, 0.717) is 38.5 Å². The molecule has 0 spiro atoms. The first-order chi connectivity index (χ1) is 11.5. The van der Waals surface area contributed by atoms with Crippen LogP contribution in [-0.2, 0) is 9.53 Å². The molecule has 0 aromatic carbocycles. The molecule has 5 heteroatoms. The van der Waals surface area contributed by atoms with Gasteiger partial charge in [-0.15, -0.1) is 0 Å². The molecule has 0 saturated carbocycles. The molecule has 6 atom stereocenters. The van der Waals surface area contributed by atoms with Gasteiger partial charge in [-0.25, -0.2) is 0 Å². The smallest absolute Gasteiger partial charge is 0.309 e. The lowest BCUT2D eigenvalue weighted by Gasteiger charge is -2.34. The molecule has 2 aliphatic rings. The third kappa shape index (κ3) is 4.83. The fraction of sp³-hybridized carbons (Fsp3) is 0.850. The van der Waals surface area contributed by atoms with Crippen molar-refractivity contribution < 1.29 is 24.9 Å². The van der Waals surface area contributed by atoms with Gasteiger partial charge < -0.3 is 20.1 Å². The number of esters is 1. The van der Waals surface area contributed by atoms with Crippen molar-refractivity contribution in [3.8, 4) is 0 Å². The highest BCUT2D eigenvalue weighted by atomic mass is 16.6. The Morgan fingerprint density at radius 2 is 1.84 bits per heavy atom. The third-order valence-corrected chi connectivity index (χ3v) is 6.33. The number of aliphatic hydroxyl groups excluding tert-OH is 2. The van der Waals surface area contributed by atoms with E-state index < -0.39 is 23.4 Å². The molecule has 3 N–H and O–H groups in total. The van der Waals surface area contributed by atoms with Crippen LogP contribution < -0.4 is 0 Å². The fourth-order valence-corrected chi connectivity index (χ4v) is 3.93. The Kier molecular flexibility index (Phi) is 6.34. The summed E-state index contributed by atoms with van der Waals surface area (Å²) in [6.07, 6.45) is 4.48. The topological polar surface area (TPSA) is 87.0 Å². The molecule has 1 aliphatic carbocycles. The zero-order chi connectivity index (χ0) is 18.8. The maximum absolute atomic E-state index is 12.5. The normalized spacial score (nSPS) is 46.5. The van der Waals surface area contributed by atoms with E-state index in [2.05, 4.69) is 6.08 Å². The van der Waals surface area contributed by atoms with Gasteiger partial charge in [-0.3, -0.25) is 4.79 Å². The molecule has 1 saturated heterocycles. The van der Waals surface area contributed by atoms with Crippen molar-refractivity contribution in [3.05, 3.63) is 11.6 Å². The van der Waals surface area contributed by atoms with Crippen molar-refractivity contribution in [1.82, 2.24) is 0 Å². The minimum atomic E-state index is -1.18. The SMILES string of the molecule is C/C1=C/CC[C@](C)(O)[C@H](O)C[C@H]2CC[C@](C)(OC(=O)[C@H]2C)[C@H](O)CC1.